The Labute approximate surface area is 213 Å². The SMILES string of the molecule is Cc1ccc(C(C)CCN2CCC(O)(c3ccc4oc(C(=O)N5CCCN(C)CC5)cc4c3)CC2)o1. The van der Waals surface area contributed by atoms with Gasteiger partial charge < -0.3 is 28.6 Å². The fourth-order valence-corrected chi connectivity index (χ4v) is 5.52. The lowest BCUT2D eigenvalue weighted by Gasteiger charge is -2.38. The predicted molar refractivity (Wildman–Crippen MR) is 140 cm³/mol. The van der Waals surface area contributed by atoms with Gasteiger partial charge in [0.2, 0.25) is 0 Å². The Balaban J connectivity index is 1.20. The molecule has 36 heavy (non-hydrogen) atoms. The maximum atomic E-state index is 13.1. The minimum Gasteiger partial charge on any atom is -0.466 e. The molecule has 0 bridgehead atoms. The molecule has 1 aromatic carbocycles. The molecule has 2 aromatic heterocycles. The van der Waals surface area contributed by atoms with Crippen molar-refractivity contribution in [2.45, 2.75) is 51.0 Å². The van der Waals surface area contributed by atoms with Crippen LogP contribution in [0.3, 0.4) is 0 Å². The summed E-state index contributed by atoms with van der Waals surface area (Å²) in [7, 11) is 2.09. The van der Waals surface area contributed by atoms with Crippen LogP contribution in [0, 0.1) is 6.92 Å². The lowest BCUT2D eigenvalue weighted by molar-refractivity contribution is -0.0262. The molecule has 0 aliphatic carbocycles. The zero-order valence-corrected chi connectivity index (χ0v) is 21.8. The molecule has 7 heteroatoms. The summed E-state index contributed by atoms with van der Waals surface area (Å²) in [6, 6.07) is 11.8. The van der Waals surface area contributed by atoms with Crippen LogP contribution in [-0.2, 0) is 5.60 Å². The molecule has 4 heterocycles. The number of rotatable bonds is 6. The molecule has 7 nitrogen and oxygen atoms in total. The van der Waals surface area contributed by atoms with Crippen molar-refractivity contribution in [1.29, 1.82) is 0 Å². The lowest BCUT2D eigenvalue weighted by atomic mass is 9.84. The van der Waals surface area contributed by atoms with E-state index in [2.05, 4.69) is 29.8 Å². The minimum absolute atomic E-state index is 0.0472. The largest absolute Gasteiger partial charge is 0.466 e. The van der Waals surface area contributed by atoms with Crippen LogP contribution in [0.5, 0.6) is 0 Å². The Hall–Kier alpha value is -2.61. The van der Waals surface area contributed by atoms with Gasteiger partial charge in [0, 0.05) is 44.0 Å². The minimum atomic E-state index is -0.856. The highest BCUT2D eigenvalue weighted by Gasteiger charge is 2.34. The Morgan fingerprint density at radius 2 is 1.83 bits per heavy atom. The first-order valence-corrected chi connectivity index (χ1v) is 13.3. The van der Waals surface area contributed by atoms with Gasteiger partial charge in [-0.25, -0.2) is 0 Å². The van der Waals surface area contributed by atoms with Crippen LogP contribution in [0.25, 0.3) is 11.0 Å². The average molecular weight is 494 g/mol. The van der Waals surface area contributed by atoms with Crippen LogP contribution in [0.1, 0.15) is 66.2 Å². The number of carbonyl (C=O) groups excluding carboxylic acids is 1. The van der Waals surface area contributed by atoms with Gasteiger partial charge in [0.15, 0.2) is 5.76 Å². The lowest BCUT2D eigenvalue weighted by Crippen LogP contribution is -2.43. The number of fused-ring (bicyclic) bond motifs is 1. The number of aryl methyl sites for hydroxylation is 1. The number of carbonyl (C=O) groups is 1. The summed E-state index contributed by atoms with van der Waals surface area (Å²) in [4.78, 5) is 19.6. The summed E-state index contributed by atoms with van der Waals surface area (Å²) in [6.45, 7) is 10.3. The molecule has 1 amide bonds. The third-order valence-corrected chi connectivity index (χ3v) is 8.08. The highest BCUT2D eigenvalue weighted by Crippen LogP contribution is 2.35. The number of amides is 1. The Kier molecular flexibility index (Phi) is 7.24. The number of hydrogen-bond acceptors (Lipinski definition) is 6. The number of likely N-dealkylation sites (tertiary alicyclic amines) is 1. The van der Waals surface area contributed by atoms with E-state index in [1.54, 1.807) is 0 Å². The number of likely N-dealkylation sites (N-methyl/N-ethyl adjacent to an activating group) is 1. The van der Waals surface area contributed by atoms with Gasteiger partial charge in [-0.1, -0.05) is 13.0 Å². The smallest absolute Gasteiger partial charge is 0.289 e. The number of piperidine rings is 1. The van der Waals surface area contributed by atoms with E-state index in [1.165, 1.54) is 0 Å². The van der Waals surface area contributed by atoms with Gasteiger partial charge in [0.05, 0.1) is 5.60 Å². The Morgan fingerprint density at radius 1 is 1.03 bits per heavy atom. The normalized spacial score (nSPS) is 20.5. The van der Waals surface area contributed by atoms with Gasteiger partial charge in [-0.2, -0.15) is 0 Å². The average Bonchev–Trinajstić information content (AvgIpc) is 3.44. The first-order valence-electron chi connectivity index (χ1n) is 13.3. The molecular weight excluding hydrogens is 454 g/mol. The standard InChI is InChI=1S/C29H39N3O4/c1-21(25-7-5-22(2)35-25)9-14-31-15-10-29(34,11-16-31)24-6-8-26-23(19-24)20-27(36-26)28(33)32-13-4-12-30(3)17-18-32/h5-8,19-21,34H,4,9-18H2,1-3H3. The molecule has 194 valence electrons. The maximum Gasteiger partial charge on any atom is 0.289 e. The first kappa shape index (κ1) is 25.1. The third-order valence-electron chi connectivity index (χ3n) is 8.08. The number of furan rings is 2. The van der Waals surface area contributed by atoms with Crippen LogP contribution in [0.2, 0.25) is 0 Å². The van der Waals surface area contributed by atoms with Gasteiger partial charge in [-0.3, -0.25) is 4.79 Å². The number of nitrogens with zero attached hydrogens (tertiary/aromatic N) is 3. The summed E-state index contributed by atoms with van der Waals surface area (Å²) in [5, 5.41) is 12.4. The highest BCUT2D eigenvalue weighted by atomic mass is 16.3. The van der Waals surface area contributed by atoms with Crippen molar-refractivity contribution in [1.82, 2.24) is 14.7 Å². The second-order valence-electron chi connectivity index (χ2n) is 10.8. The van der Waals surface area contributed by atoms with Crippen molar-refractivity contribution in [2.24, 2.45) is 0 Å². The fourth-order valence-electron chi connectivity index (χ4n) is 5.52. The number of benzene rings is 1. The van der Waals surface area contributed by atoms with E-state index in [-0.39, 0.29) is 5.91 Å². The van der Waals surface area contributed by atoms with Gasteiger partial charge in [0.25, 0.3) is 5.91 Å². The summed E-state index contributed by atoms with van der Waals surface area (Å²) >= 11 is 0. The second kappa shape index (κ2) is 10.4. The highest BCUT2D eigenvalue weighted by molar-refractivity contribution is 5.96. The molecular formula is C29H39N3O4. The molecule has 3 aromatic rings. The number of aliphatic hydroxyl groups is 1. The summed E-state index contributed by atoms with van der Waals surface area (Å²) < 4.78 is 11.7. The predicted octanol–water partition coefficient (Wildman–Crippen LogP) is 4.59. The molecule has 0 radical (unpaired) electrons. The van der Waals surface area contributed by atoms with E-state index in [4.69, 9.17) is 8.83 Å². The zero-order chi connectivity index (χ0) is 25.3. The van der Waals surface area contributed by atoms with E-state index in [9.17, 15) is 9.90 Å². The molecule has 0 saturated carbocycles. The van der Waals surface area contributed by atoms with Crippen molar-refractivity contribution in [2.75, 3.05) is 52.9 Å². The van der Waals surface area contributed by atoms with Crippen LogP contribution >= 0.6 is 0 Å². The van der Waals surface area contributed by atoms with Crippen LogP contribution in [-0.4, -0.2) is 78.6 Å². The topological polar surface area (TPSA) is 73.3 Å². The molecule has 2 aliphatic rings. The van der Waals surface area contributed by atoms with E-state index < -0.39 is 5.60 Å². The third kappa shape index (κ3) is 5.38. The summed E-state index contributed by atoms with van der Waals surface area (Å²) in [6.07, 6.45) is 3.39. The van der Waals surface area contributed by atoms with E-state index in [1.807, 2.05) is 42.2 Å². The quantitative estimate of drug-likeness (QED) is 0.542. The van der Waals surface area contributed by atoms with Crippen molar-refractivity contribution in [3.8, 4) is 0 Å². The monoisotopic (exact) mass is 493 g/mol. The van der Waals surface area contributed by atoms with Crippen molar-refractivity contribution >= 4 is 16.9 Å². The molecule has 1 unspecified atom stereocenters. The number of hydrogen-bond donors (Lipinski definition) is 1. The first-order chi connectivity index (χ1) is 17.3. The van der Waals surface area contributed by atoms with E-state index in [0.717, 1.165) is 74.6 Å². The zero-order valence-electron chi connectivity index (χ0n) is 21.8. The van der Waals surface area contributed by atoms with Crippen molar-refractivity contribution in [3.05, 3.63) is 59.2 Å². The van der Waals surface area contributed by atoms with Gasteiger partial charge in [-0.15, -0.1) is 0 Å². The van der Waals surface area contributed by atoms with Crippen LogP contribution < -0.4 is 0 Å². The van der Waals surface area contributed by atoms with Gasteiger partial charge in [-0.05, 0) is 88.6 Å². The second-order valence-corrected chi connectivity index (χ2v) is 10.8. The molecule has 5 rings (SSSR count). The molecule has 1 atom stereocenters. The van der Waals surface area contributed by atoms with Crippen LogP contribution in [0.4, 0.5) is 0 Å². The van der Waals surface area contributed by atoms with E-state index in [0.29, 0.717) is 36.6 Å². The summed E-state index contributed by atoms with van der Waals surface area (Å²) in [5.41, 5.74) is 0.744. The molecule has 2 saturated heterocycles. The van der Waals surface area contributed by atoms with Crippen molar-refractivity contribution < 1.29 is 18.7 Å². The maximum absolute atomic E-state index is 13.1. The fraction of sp³-hybridized carbons (Fsp3) is 0.552. The molecule has 2 aliphatic heterocycles. The van der Waals surface area contributed by atoms with Gasteiger partial charge in [0.1, 0.15) is 17.1 Å². The Bertz CT molecular complexity index is 1190. The molecule has 1 N–H and O–H groups in total. The Morgan fingerprint density at radius 3 is 2.58 bits per heavy atom. The van der Waals surface area contributed by atoms with Gasteiger partial charge >= 0.3 is 0 Å². The molecule has 0 spiro atoms. The van der Waals surface area contributed by atoms with Crippen molar-refractivity contribution in [3.63, 3.8) is 0 Å². The summed E-state index contributed by atoms with van der Waals surface area (Å²) in [5.74, 6) is 2.73. The molecule has 2 fully saturated rings. The van der Waals surface area contributed by atoms with E-state index >= 15 is 0 Å². The van der Waals surface area contributed by atoms with Crippen LogP contribution in [0.15, 0.2) is 45.2 Å².